The highest BCUT2D eigenvalue weighted by atomic mass is 16.4. The van der Waals surface area contributed by atoms with Gasteiger partial charge in [-0.2, -0.15) is 4.98 Å². The minimum absolute atomic E-state index is 0.554. The molecule has 0 bridgehead atoms. The fourth-order valence-corrected chi connectivity index (χ4v) is 2.85. The van der Waals surface area contributed by atoms with Gasteiger partial charge < -0.3 is 14.6 Å². The molecule has 1 saturated carbocycles. The molecule has 100 valence electrons. The summed E-state index contributed by atoms with van der Waals surface area (Å²) < 4.78 is 5.68. The largest absolute Gasteiger partial charge is 0.432 e. The Labute approximate surface area is 109 Å². The Hall–Kier alpha value is -1.03. The van der Waals surface area contributed by atoms with Crippen molar-refractivity contribution in [2.75, 3.05) is 4.90 Å². The quantitative estimate of drug-likeness (QED) is 0.871. The normalized spacial score (nSPS) is 28.0. The molecule has 2 unspecified atom stereocenters. The van der Waals surface area contributed by atoms with Gasteiger partial charge in [0.05, 0.1) is 5.69 Å². The van der Waals surface area contributed by atoms with Crippen molar-refractivity contribution < 1.29 is 4.42 Å². The van der Waals surface area contributed by atoms with E-state index < -0.39 is 0 Å². The van der Waals surface area contributed by atoms with E-state index >= 15 is 0 Å². The van der Waals surface area contributed by atoms with E-state index in [1.54, 1.807) is 0 Å². The molecule has 1 aromatic heterocycles. The van der Waals surface area contributed by atoms with E-state index in [1.807, 2.05) is 6.26 Å². The molecule has 2 atom stereocenters. The molecule has 2 fully saturated rings. The fraction of sp³-hybridized carbons (Fsp3) is 0.786. The van der Waals surface area contributed by atoms with Crippen LogP contribution in [0.3, 0.4) is 0 Å². The van der Waals surface area contributed by atoms with Crippen molar-refractivity contribution in [1.82, 2.24) is 10.3 Å². The van der Waals surface area contributed by atoms with E-state index in [4.69, 9.17) is 4.42 Å². The molecule has 1 aromatic rings. The maximum absolute atomic E-state index is 5.68. The number of rotatable bonds is 5. The van der Waals surface area contributed by atoms with E-state index in [-0.39, 0.29) is 0 Å². The van der Waals surface area contributed by atoms with Crippen molar-refractivity contribution in [3.8, 4) is 0 Å². The second-order valence-electron chi connectivity index (χ2n) is 5.67. The summed E-state index contributed by atoms with van der Waals surface area (Å²) in [4.78, 5) is 7.00. The van der Waals surface area contributed by atoms with Crippen LogP contribution in [0.25, 0.3) is 0 Å². The monoisotopic (exact) mass is 249 g/mol. The molecule has 2 aliphatic rings. The smallest absolute Gasteiger partial charge is 0.297 e. The van der Waals surface area contributed by atoms with Gasteiger partial charge in [-0.3, -0.25) is 0 Å². The average molecular weight is 249 g/mol. The van der Waals surface area contributed by atoms with Gasteiger partial charge in [-0.05, 0) is 39.0 Å². The molecule has 1 saturated heterocycles. The minimum Gasteiger partial charge on any atom is -0.432 e. The van der Waals surface area contributed by atoms with Crippen LogP contribution < -0.4 is 10.2 Å². The molecule has 18 heavy (non-hydrogen) atoms. The molecule has 0 aromatic carbocycles. The number of hydrogen-bond donors (Lipinski definition) is 1. The zero-order valence-electron chi connectivity index (χ0n) is 11.4. The van der Waals surface area contributed by atoms with E-state index in [0.717, 1.165) is 24.3 Å². The van der Waals surface area contributed by atoms with Crippen LogP contribution in [0.2, 0.25) is 0 Å². The fourth-order valence-electron chi connectivity index (χ4n) is 2.85. The van der Waals surface area contributed by atoms with Crippen LogP contribution in [-0.4, -0.2) is 23.1 Å². The first kappa shape index (κ1) is 12.0. The van der Waals surface area contributed by atoms with Crippen LogP contribution >= 0.6 is 0 Å². The molecule has 4 heteroatoms. The predicted octanol–water partition coefficient (Wildman–Crippen LogP) is 2.69. The molecule has 0 amide bonds. The zero-order valence-corrected chi connectivity index (χ0v) is 11.4. The van der Waals surface area contributed by atoms with Crippen LogP contribution in [0.4, 0.5) is 6.01 Å². The van der Waals surface area contributed by atoms with E-state index in [1.165, 1.54) is 32.1 Å². The highest BCUT2D eigenvalue weighted by molar-refractivity contribution is 5.33. The van der Waals surface area contributed by atoms with Gasteiger partial charge in [-0.25, -0.2) is 0 Å². The third-order valence-electron chi connectivity index (χ3n) is 4.17. The Kier molecular flexibility index (Phi) is 3.29. The Morgan fingerprint density at radius 2 is 2.22 bits per heavy atom. The van der Waals surface area contributed by atoms with Gasteiger partial charge in [0.1, 0.15) is 6.26 Å². The van der Waals surface area contributed by atoms with Crippen LogP contribution in [-0.2, 0) is 6.54 Å². The van der Waals surface area contributed by atoms with Crippen molar-refractivity contribution in [1.29, 1.82) is 0 Å². The summed E-state index contributed by atoms with van der Waals surface area (Å²) in [5, 5.41) is 3.47. The Balaban J connectivity index is 1.66. The van der Waals surface area contributed by atoms with Gasteiger partial charge in [0, 0.05) is 24.7 Å². The summed E-state index contributed by atoms with van der Waals surface area (Å²) in [6.45, 7) is 5.35. The van der Waals surface area contributed by atoms with Crippen molar-refractivity contribution >= 4 is 6.01 Å². The van der Waals surface area contributed by atoms with Crippen molar-refractivity contribution in [2.45, 2.75) is 70.6 Å². The summed E-state index contributed by atoms with van der Waals surface area (Å²) in [7, 11) is 0. The highest BCUT2D eigenvalue weighted by Gasteiger charge is 2.32. The number of aromatic nitrogens is 1. The van der Waals surface area contributed by atoms with Crippen molar-refractivity contribution in [3.05, 3.63) is 12.0 Å². The van der Waals surface area contributed by atoms with Gasteiger partial charge in [0.25, 0.3) is 6.01 Å². The van der Waals surface area contributed by atoms with Crippen molar-refractivity contribution in [2.24, 2.45) is 0 Å². The van der Waals surface area contributed by atoms with Crippen LogP contribution in [0.1, 0.15) is 51.6 Å². The maximum Gasteiger partial charge on any atom is 0.297 e. The molecule has 0 spiro atoms. The summed E-state index contributed by atoms with van der Waals surface area (Å²) in [5.41, 5.74) is 1.03. The Morgan fingerprint density at radius 1 is 1.39 bits per heavy atom. The molecule has 0 radical (unpaired) electrons. The topological polar surface area (TPSA) is 41.3 Å². The lowest BCUT2D eigenvalue weighted by molar-refractivity contribution is 0.498. The van der Waals surface area contributed by atoms with Gasteiger partial charge in [-0.15, -0.1) is 0 Å². The summed E-state index contributed by atoms with van der Waals surface area (Å²) in [5.74, 6) is 0. The average Bonchev–Trinajstić information content (AvgIpc) is 2.96. The lowest BCUT2D eigenvalue weighted by Gasteiger charge is -2.25. The molecule has 2 heterocycles. The molecule has 3 rings (SSSR count). The van der Waals surface area contributed by atoms with Crippen molar-refractivity contribution in [3.63, 3.8) is 0 Å². The molecule has 1 aliphatic carbocycles. The lowest BCUT2D eigenvalue weighted by atomic mass is 10.2. The minimum atomic E-state index is 0.554. The summed E-state index contributed by atoms with van der Waals surface area (Å²) >= 11 is 0. The lowest BCUT2D eigenvalue weighted by Crippen LogP contribution is -2.34. The van der Waals surface area contributed by atoms with Gasteiger partial charge in [0.2, 0.25) is 0 Å². The standard InChI is InChI=1S/C14H23N3O/c1-3-13-7-4-10(2)17(13)14-16-12(9-18-14)8-15-11-5-6-11/h9-11,13,15H,3-8H2,1-2H3. The molecule has 1 N–H and O–H groups in total. The van der Waals surface area contributed by atoms with E-state index in [2.05, 4.69) is 29.0 Å². The third kappa shape index (κ3) is 2.39. The number of anilines is 1. The van der Waals surface area contributed by atoms with Gasteiger partial charge in [-0.1, -0.05) is 6.92 Å². The second kappa shape index (κ2) is 4.92. The highest BCUT2D eigenvalue weighted by Crippen LogP contribution is 2.31. The SMILES string of the molecule is CCC1CCC(C)N1c1nc(CNC2CC2)co1. The van der Waals surface area contributed by atoms with Crippen LogP contribution in [0.15, 0.2) is 10.7 Å². The Morgan fingerprint density at radius 3 is 2.94 bits per heavy atom. The van der Waals surface area contributed by atoms with E-state index in [9.17, 15) is 0 Å². The van der Waals surface area contributed by atoms with Gasteiger partial charge in [0.15, 0.2) is 0 Å². The third-order valence-corrected chi connectivity index (χ3v) is 4.17. The number of oxazole rings is 1. The Bertz CT molecular complexity index is 399. The number of nitrogens with one attached hydrogen (secondary N) is 1. The van der Waals surface area contributed by atoms with E-state index in [0.29, 0.717) is 12.1 Å². The summed E-state index contributed by atoms with van der Waals surface area (Å²) in [6, 6.07) is 2.69. The summed E-state index contributed by atoms with van der Waals surface area (Å²) in [6.07, 6.45) is 8.11. The number of nitrogens with zero attached hydrogens (tertiary/aromatic N) is 2. The van der Waals surface area contributed by atoms with Gasteiger partial charge >= 0.3 is 0 Å². The molecule has 4 nitrogen and oxygen atoms in total. The first-order valence-corrected chi connectivity index (χ1v) is 7.24. The van der Waals surface area contributed by atoms with Crippen LogP contribution in [0, 0.1) is 0 Å². The predicted molar refractivity (Wildman–Crippen MR) is 71.6 cm³/mol. The number of hydrogen-bond acceptors (Lipinski definition) is 4. The maximum atomic E-state index is 5.68. The first-order chi connectivity index (χ1) is 8.78. The molecular formula is C14H23N3O. The molecular weight excluding hydrogens is 226 g/mol. The van der Waals surface area contributed by atoms with Crippen LogP contribution in [0.5, 0.6) is 0 Å². The zero-order chi connectivity index (χ0) is 12.5. The first-order valence-electron chi connectivity index (χ1n) is 7.24. The second-order valence-corrected chi connectivity index (χ2v) is 5.67. The molecule has 1 aliphatic heterocycles.